The average molecular weight is 392 g/mol. The molecule has 0 aromatic carbocycles. The van der Waals surface area contributed by atoms with E-state index in [-0.39, 0.29) is 5.91 Å². The van der Waals surface area contributed by atoms with Crippen LogP contribution in [0.4, 0.5) is 0 Å². The lowest BCUT2D eigenvalue weighted by Crippen LogP contribution is -2.34. The molecule has 0 saturated heterocycles. The zero-order valence-electron chi connectivity index (χ0n) is 17.4. The average Bonchev–Trinajstić information content (AvgIpc) is 2.92. The first kappa shape index (κ1) is 19.6. The number of hydrogen-bond donors (Lipinski definition) is 0. The second-order valence-corrected chi connectivity index (χ2v) is 7.84. The van der Waals surface area contributed by atoms with Gasteiger partial charge in [-0.2, -0.15) is 0 Å². The number of carbonyl (C=O) groups is 1. The van der Waals surface area contributed by atoms with Gasteiger partial charge >= 0.3 is 0 Å². The third kappa shape index (κ3) is 4.16. The van der Waals surface area contributed by atoms with Crippen LogP contribution in [-0.2, 0) is 19.4 Å². The molecule has 0 N–H and O–H groups in total. The van der Waals surface area contributed by atoms with Gasteiger partial charge in [0.25, 0.3) is 5.91 Å². The van der Waals surface area contributed by atoms with Crippen LogP contribution in [0, 0.1) is 6.92 Å². The van der Waals surface area contributed by atoms with E-state index in [0.29, 0.717) is 12.1 Å². The van der Waals surface area contributed by atoms with Gasteiger partial charge in [-0.3, -0.25) is 9.78 Å². The molecule has 6 heteroatoms. The number of carbonyl (C=O) groups excluding carboxylic acids is 1. The van der Waals surface area contributed by atoms with E-state index in [0.717, 1.165) is 73.6 Å². The Balaban J connectivity index is 1.66. The highest BCUT2D eigenvalue weighted by Gasteiger charge is 2.23. The molecule has 0 spiro atoms. The fraction of sp³-hybridized carbons (Fsp3) is 0.478. The lowest BCUT2D eigenvalue weighted by atomic mass is 10.1. The minimum Gasteiger partial charge on any atom is -0.338 e. The molecule has 4 rings (SSSR count). The van der Waals surface area contributed by atoms with E-state index in [9.17, 15) is 4.79 Å². The van der Waals surface area contributed by atoms with Crippen molar-refractivity contribution in [3.8, 4) is 0 Å². The first-order valence-corrected chi connectivity index (χ1v) is 10.7. The Morgan fingerprint density at radius 3 is 2.86 bits per heavy atom. The SMILES string of the molecule is CCCN(CCc1ccccn1)C(=O)c1cc(C)nc2c1nc1n2CCCCC1. The summed E-state index contributed by atoms with van der Waals surface area (Å²) in [4.78, 5) is 29.5. The lowest BCUT2D eigenvalue weighted by molar-refractivity contribution is 0.0758. The summed E-state index contributed by atoms with van der Waals surface area (Å²) in [6.07, 6.45) is 7.94. The summed E-state index contributed by atoms with van der Waals surface area (Å²) < 4.78 is 2.23. The lowest BCUT2D eigenvalue weighted by Gasteiger charge is -2.22. The van der Waals surface area contributed by atoms with Gasteiger partial charge in [-0.15, -0.1) is 0 Å². The highest BCUT2D eigenvalue weighted by molar-refractivity contribution is 6.04. The number of rotatable bonds is 6. The van der Waals surface area contributed by atoms with E-state index in [2.05, 4.69) is 16.5 Å². The van der Waals surface area contributed by atoms with Crippen LogP contribution < -0.4 is 0 Å². The summed E-state index contributed by atoms with van der Waals surface area (Å²) in [6, 6.07) is 7.82. The number of imidazole rings is 1. The first-order chi connectivity index (χ1) is 14.2. The summed E-state index contributed by atoms with van der Waals surface area (Å²) in [6.45, 7) is 6.38. The summed E-state index contributed by atoms with van der Waals surface area (Å²) in [5.41, 5.74) is 4.19. The molecule has 4 heterocycles. The second kappa shape index (κ2) is 8.72. The van der Waals surface area contributed by atoms with Crippen molar-refractivity contribution in [3.05, 3.63) is 53.2 Å². The van der Waals surface area contributed by atoms with Gasteiger partial charge in [-0.05, 0) is 44.4 Å². The van der Waals surface area contributed by atoms with Crippen molar-refractivity contribution >= 4 is 17.1 Å². The van der Waals surface area contributed by atoms with E-state index in [1.54, 1.807) is 6.20 Å². The molecular formula is C23H29N5O. The summed E-state index contributed by atoms with van der Waals surface area (Å²) in [5.74, 6) is 1.12. The molecule has 152 valence electrons. The number of hydrogen-bond acceptors (Lipinski definition) is 4. The Hall–Kier alpha value is -2.76. The molecule has 0 radical (unpaired) electrons. The van der Waals surface area contributed by atoms with Gasteiger partial charge in [0.1, 0.15) is 11.3 Å². The summed E-state index contributed by atoms with van der Waals surface area (Å²) >= 11 is 0. The van der Waals surface area contributed by atoms with Crippen LogP contribution in [0.1, 0.15) is 60.2 Å². The maximum absolute atomic E-state index is 13.5. The van der Waals surface area contributed by atoms with Crippen LogP contribution in [0.2, 0.25) is 0 Å². The Morgan fingerprint density at radius 1 is 1.17 bits per heavy atom. The maximum Gasteiger partial charge on any atom is 0.256 e. The smallest absolute Gasteiger partial charge is 0.256 e. The molecule has 0 bridgehead atoms. The highest BCUT2D eigenvalue weighted by Crippen LogP contribution is 2.25. The second-order valence-electron chi connectivity index (χ2n) is 7.84. The van der Waals surface area contributed by atoms with E-state index in [4.69, 9.17) is 9.97 Å². The predicted molar refractivity (Wildman–Crippen MR) is 114 cm³/mol. The molecule has 0 saturated carbocycles. The van der Waals surface area contributed by atoms with E-state index in [1.165, 1.54) is 6.42 Å². The van der Waals surface area contributed by atoms with Crippen molar-refractivity contribution in [1.29, 1.82) is 0 Å². The van der Waals surface area contributed by atoms with Crippen molar-refractivity contribution in [2.45, 2.75) is 58.9 Å². The maximum atomic E-state index is 13.5. The van der Waals surface area contributed by atoms with Crippen molar-refractivity contribution in [2.75, 3.05) is 13.1 Å². The molecule has 3 aromatic heterocycles. The van der Waals surface area contributed by atoms with Gasteiger partial charge in [0, 0.05) is 50.1 Å². The van der Waals surface area contributed by atoms with Gasteiger partial charge in [0.05, 0.1) is 5.56 Å². The molecule has 0 aliphatic carbocycles. The molecule has 6 nitrogen and oxygen atoms in total. The standard InChI is InChI=1S/C23H29N5O/c1-3-13-27(15-11-18-9-6-7-12-24-18)23(29)19-16-17(2)25-22-21(19)26-20-10-5-4-8-14-28(20)22/h6-7,9,12,16H,3-5,8,10-11,13-15H2,1-2H3. The predicted octanol–water partition coefficient (Wildman–Crippen LogP) is 3.96. The minimum atomic E-state index is 0.0477. The largest absolute Gasteiger partial charge is 0.338 e. The van der Waals surface area contributed by atoms with Gasteiger partial charge in [-0.25, -0.2) is 9.97 Å². The third-order valence-electron chi connectivity index (χ3n) is 5.57. The number of amides is 1. The Morgan fingerprint density at radius 2 is 2.07 bits per heavy atom. The molecule has 0 fully saturated rings. The minimum absolute atomic E-state index is 0.0477. The Kier molecular flexibility index (Phi) is 5.88. The molecule has 1 aliphatic rings. The van der Waals surface area contributed by atoms with Crippen molar-refractivity contribution in [3.63, 3.8) is 0 Å². The van der Waals surface area contributed by atoms with Crippen LogP contribution in [0.5, 0.6) is 0 Å². The normalized spacial score (nSPS) is 13.9. The first-order valence-electron chi connectivity index (χ1n) is 10.7. The molecule has 29 heavy (non-hydrogen) atoms. The zero-order valence-corrected chi connectivity index (χ0v) is 17.4. The van der Waals surface area contributed by atoms with E-state index in [1.807, 2.05) is 36.1 Å². The number of fused-ring (bicyclic) bond motifs is 3. The Bertz CT molecular complexity index is 995. The topological polar surface area (TPSA) is 63.9 Å². The van der Waals surface area contributed by atoms with Crippen LogP contribution in [0.25, 0.3) is 11.2 Å². The molecule has 0 unspecified atom stereocenters. The molecule has 0 atom stereocenters. The fourth-order valence-corrected chi connectivity index (χ4v) is 4.13. The quantitative estimate of drug-likeness (QED) is 0.638. The number of pyridine rings is 2. The van der Waals surface area contributed by atoms with Crippen LogP contribution >= 0.6 is 0 Å². The van der Waals surface area contributed by atoms with Crippen molar-refractivity contribution in [1.82, 2.24) is 24.4 Å². The van der Waals surface area contributed by atoms with Crippen LogP contribution in [0.15, 0.2) is 30.5 Å². The summed E-state index contributed by atoms with van der Waals surface area (Å²) in [7, 11) is 0. The molecule has 3 aromatic rings. The number of aromatic nitrogens is 4. The number of nitrogens with zero attached hydrogens (tertiary/aromatic N) is 5. The van der Waals surface area contributed by atoms with E-state index >= 15 is 0 Å². The Labute approximate surface area is 172 Å². The van der Waals surface area contributed by atoms with Crippen LogP contribution in [0.3, 0.4) is 0 Å². The van der Waals surface area contributed by atoms with Crippen molar-refractivity contribution < 1.29 is 4.79 Å². The van der Waals surface area contributed by atoms with E-state index < -0.39 is 0 Å². The van der Waals surface area contributed by atoms with Gasteiger partial charge in [0.15, 0.2) is 5.65 Å². The molecule has 1 aliphatic heterocycles. The molecule has 1 amide bonds. The molecular weight excluding hydrogens is 362 g/mol. The fourth-order valence-electron chi connectivity index (χ4n) is 4.13. The third-order valence-corrected chi connectivity index (χ3v) is 5.57. The van der Waals surface area contributed by atoms with Gasteiger partial charge in [0.2, 0.25) is 0 Å². The monoisotopic (exact) mass is 391 g/mol. The van der Waals surface area contributed by atoms with Crippen molar-refractivity contribution in [2.24, 2.45) is 0 Å². The zero-order chi connectivity index (χ0) is 20.2. The van der Waals surface area contributed by atoms with Gasteiger partial charge < -0.3 is 9.47 Å². The highest BCUT2D eigenvalue weighted by atomic mass is 16.2. The van der Waals surface area contributed by atoms with Crippen LogP contribution in [-0.4, -0.2) is 43.4 Å². The number of aryl methyl sites for hydroxylation is 3. The van der Waals surface area contributed by atoms with Gasteiger partial charge in [-0.1, -0.05) is 19.4 Å². The summed E-state index contributed by atoms with van der Waals surface area (Å²) in [5, 5.41) is 0.